The standard InChI is InChI=1S/C27H27N3O4/c28-23(27(32)26(31)15-12-18-10-13-20(14-11-18)30(33)34)17-22-21-8-4-5-9-24(21)29-25(22)16-19-6-2-1-3-7-19/h1-11,13-14,23,27,29,32H,12,15-17,28H2/t23-,27?/m0/s1. The molecule has 0 fully saturated rings. The van der Waals surface area contributed by atoms with Gasteiger partial charge in [-0.25, -0.2) is 0 Å². The van der Waals surface area contributed by atoms with E-state index < -0.39 is 17.1 Å². The Morgan fingerprint density at radius 1 is 0.971 bits per heavy atom. The number of nitrogens with two attached hydrogens (primary N) is 1. The van der Waals surface area contributed by atoms with Gasteiger partial charge in [-0.2, -0.15) is 0 Å². The fourth-order valence-corrected chi connectivity index (χ4v) is 4.23. The number of para-hydroxylation sites is 1. The van der Waals surface area contributed by atoms with Gasteiger partial charge in [0.25, 0.3) is 5.69 Å². The minimum absolute atomic E-state index is 0.00201. The quantitative estimate of drug-likeness (QED) is 0.244. The van der Waals surface area contributed by atoms with Gasteiger partial charge in [-0.15, -0.1) is 0 Å². The van der Waals surface area contributed by atoms with E-state index >= 15 is 0 Å². The summed E-state index contributed by atoms with van der Waals surface area (Å²) >= 11 is 0. The predicted molar refractivity (Wildman–Crippen MR) is 132 cm³/mol. The number of hydrogen-bond acceptors (Lipinski definition) is 5. The number of nitro groups is 1. The smallest absolute Gasteiger partial charge is 0.269 e. The number of aryl methyl sites for hydroxylation is 1. The number of H-pyrrole nitrogens is 1. The van der Waals surface area contributed by atoms with E-state index in [4.69, 9.17) is 5.73 Å². The van der Waals surface area contributed by atoms with Crippen LogP contribution in [0.2, 0.25) is 0 Å². The minimum atomic E-state index is -1.30. The van der Waals surface area contributed by atoms with Gasteiger partial charge in [-0.3, -0.25) is 14.9 Å². The second-order valence-electron chi connectivity index (χ2n) is 8.49. The van der Waals surface area contributed by atoms with E-state index in [-0.39, 0.29) is 17.9 Å². The molecule has 0 amide bonds. The molecule has 4 rings (SSSR count). The maximum Gasteiger partial charge on any atom is 0.269 e. The molecule has 1 heterocycles. The fourth-order valence-electron chi connectivity index (χ4n) is 4.23. The van der Waals surface area contributed by atoms with Crippen molar-refractivity contribution < 1.29 is 14.8 Å². The molecule has 7 nitrogen and oxygen atoms in total. The number of aliphatic hydroxyl groups is 1. The van der Waals surface area contributed by atoms with Crippen LogP contribution in [0, 0.1) is 10.1 Å². The summed E-state index contributed by atoms with van der Waals surface area (Å²) in [5.74, 6) is -0.338. The Bertz CT molecular complexity index is 1280. The zero-order valence-corrected chi connectivity index (χ0v) is 18.7. The van der Waals surface area contributed by atoms with Crippen molar-refractivity contribution >= 4 is 22.4 Å². The van der Waals surface area contributed by atoms with Gasteiger partial charge in [0.15, 0.2) is 5.78 Å². The predicted octanol–water partition coefficient (Wildman–Crippen LogP) is 4.10. The number of carbonyl (C=O) groups excluding carboxylic acids is 1. The number of non-ortho nitro benzene ring substituents is 1. The third-order valence-corrected chi connectivity index (χ3v) is 6.11. The molecule has 7 heteroatoms. The van der Waals surface area contributed by atoms with Gasteiger partial charge < -0.3 is 15.8 Å². The van der Waals surface area contributed by atoms with Crippen LogP contribution in [-0.2, 0) is 24.1 Å². The molecular weight excluding hydrogens is 430 g/mol. The average molecular weight is 458 g/mol. The lowest BCUT2D eigenvalue weighted by molar-refractivity contribution is -0.384. The SMILES string of the molecule is N[C@@H](Cc1c(Cc2ccccc2)[nH]c2ccccc12)C(O)C(=O)CCc1ccc([N+](=O)[O-])cc1. The van der Waals surface area contributed by atoms with Crippen LogP contribution < -0.4 is 5.73 Å². The van der Waals surface area contributed by atoms with E-state index in [2.05, 4.69) is 17.1 Å². The molecule has 4 aromatic rings. The van der Waals surface area contributed by atoms with E-state index in [1.807, 2.05) is 42.5 Å². The van der Waals surface area contributed by atoms with Crippen LogP contribution in [0.15, 0.2) is 78.9 Å². The number of carbonyl (C=O) groups is 1. The number of nitrogens with one attached hydrogen (secondary N) is 1. The maximum absolute atomic E-state index is 12.7. The van der Waals surface area contributed by atoms with E-state index in [0.29, 0.717) is 19.3 Å². The van der Waals surface area contributed by atoms with Crippen molar-refractivity contribution in [3.8, 4) is 0 Å². The van der Waals surface area contributed by atoms with Crippen molar-refractivity contribution in [1.29, 1.82) is 0 Å². The molecule has 1 unspecified atom stereocenters. The largest absolute Gasteiger partial charge is 0.384 e. The zero-order valence-electron chi connectivity index (χ0n) is 18.7. The third-order valence-electron chi connectivity index (χ3n) is 6.11. The average Bonchev–Trinajstić information content (AvgIpc) is 3.19. The lowest BCUT2D eigenvalue weighted by Crippen LogP contribution is -2.42. The summed E-state index contributed by atoms with van der Waals surface area (Å²) in [4.78, 5) is 26.4. The molecule has 4 N–H and O–H groups in total. The monoisotopic (exact) mass is 457 g/mol. The Balaban J connectivity index is 1.45. The lowest BCUT2D eigenvalue weighted by Gasteiger charge is -2.18. The summed E-state index contributed by atoms with van der Waals surface area (Å²) in [5.41, 5.74) is 11.3. The molecule has 0 spiro atoms. The number of ketones is 1. The van der Waals surface area contributed by atoms with Gasteiger partial charge in [0.1, 0.15) is 6.10 Å². The van der Waals surface area contributed by atoms with E-state index in [1.165, 1.54) is 12.1 Å². The van der Waals surface area contributed by atoms with Crippen molar-refractivity contribution in [2.45, 2.75) is 37.8 Å². The number of fused-ring (bicyclic) bond motifs is 1. The van der Waals surface area contributed by atoms with E-state index in [1.54, 1.807) is 12.1 Å². The van der Waals surface area contributed by atoms with Crippen molar-refractivity contribution in [1.82, 2.24) is 4.98 Å². The van der Waals surface area contributed by atoms with Gasteiger partial charge in [-0.05, 0) is 35.6 Å². The highest BCUT2D eigenvalue weighted by Crippen LogP contribution is 2.26. The molecule has 3 aromatic carbocycles. The molecule has 174 valence electrons. The molecular formula is C27H27N3O4. The Hall–Kier alpha value is -3.81. The number of nitrogens with zero attached hydrogens (tertiary/aromatic N) is 1. The molecule has 0 radical (unpaired) electrons. The van der Waals surface area contributed by atoms with Gasteiger partial charge in [0.2, 0.25) is 0 Å². The van der Waals surface area contributed by atoms with E-state index in [0.717, 1.165) is 33.3 Å². The normalized spacial score (nSPS) is 13.0. The first-order valence-corrected chi connectivity index (χ1v) is 11.2. The van der Waals surface area contributed by atoms with Crippen LogP contribution >= 0.6 is 0 Å². The van der Waals surface area contributed by atoms with Gasteiger partial charge in [0.05, 0.1) is 4.92 Å². The number of aromatic amines is 1. The molecule has 1 aromatic heterocycles. The second kappa shape index (κ2) is 10.4. The minimum Gasteiger partial charge on any atom is -0.384 e. The van der Waals surface area contributed by atoms with Crippen molar-refractivity contribution in [3.63, 3.8) is 0 Å². The summed E-state index contributed by atoms with van der Waals surface area (Å²) in [7, 11) is 0. The van der Waals surface area contributed by atoms with Crippen molar-refractivity contribution in [2.75, 3.05) is 0 Å². The number of Topliss-reactive ketones (excluding diaryl/α,β-unsaturated/α-hetero) is 1. The first-order chi connectivity index (χ1) is 16.4. The van der Waals surface area contributed by atoms with E-state index in [9.17, 15) is 20.0 Å². The first kappa shape index (κ1) is 23.4. The Morgan fingerprint density at radius 2 is 1.65 bits per heavy atom. The van der Waals surface area contributed by atoms with Gasteiger partial charge in [0, 0.05) is 47.6 Å². The Kier molecular flexibility index (Phi) is 7.15. The summed E-state index contributed by atoms with van der Waals surface area (Å²) in [6.07, 6.45) is 0.249. The van der Waals surface area contributed by atoms with Crippen molar-refractivity contribution in [2.24, 2.45) is 5.73 Å². The zero-order chi connectivity index (χ0) is 24.1. The van der Waals surface area contributed by atoms with Crippen LogP contribution in [-0.4, -0.2) is 32.9 Å². The molecule has 34 heavy (non-hydrogen) atoms. The van der Waals surface area contributed by atoms with Gasteiger partial charge in [-0.1, -0.05) is 60.7 Å². The summed E-state index contributed by atoms with van der Waals surface area (Å²) in [6, 6.07) is 23.4. The van der Waals surface area contributed by atoms with Crippen molar-refractivity contribution in [3.05, 3.63) is 111 Å². The molecule has 0 aliphatic carbocycles. The highest BCUT2D eigenvalue weighted by Gasteiger charge is 2.25. The second-order valence-corrected chi connectivity index (χ2v) is 8.49. The molecule has 0 saturated heterocycles. The van der Waals surface area contributed by atoms with Crippen LogP contribution in [0.4, 0.5) is 5.69 Å². The van der Waals surface area contributed by atoms with Crippen LogP contribution in [0.25, 0.3) is 10.9 Å². The van der Waals surface area contributed by atoms with Crippen LogP contribution in [0.1, 0.15) is 28.8 Å². The third kappa shape index (κ3) is 5.39. The molecule has 0 aliphatic heterocycles. The topological polar surface area (TPSA) is 122 Å². The fraction of sp³-hybridized carbons (Fsp3) is 0.222. The number of rotatable bonds is 10. The Labute approximate surface area is 197 Å². The number of benzene rings is 3. The number of nitro benzene ring substituents is 1. The van der Waals surface area contributed by atoms with Crippen LogP contribution in [0.5, 0.6) is 0 Å². The summed E-state index contributed by atoms with van der Waals surface area (Å²) in [6.45, 7) is 0. The summed E-state index contributed by atoms with van der Waals surface area (Å²) in [5, 5.41) is 22.5. The lowest BCUT2D eigenvalue weighted by atomic mass is 9.93. The summed E-state index contributed by atoms with van der Waals surface area (Å²) < 4.78 is 0. The first-order valence-electron chi connectivity index (χ1n) is 11.2. The molecule has 0 bridgehead atoms. The molecule has 0 aliphatic rings. The number of hydrogen-bond donors (Lipinski definition) is 3. The number of aromatic nitrogens is 1. The van der Waals surface area contributed by atoms with Gasteiger partial charge >= 0.3 is 0 Å². The Morgan fingerprint density at radius 3 is 2.35 bits per heavy atom. The molecule has 2 atom stereocenters. The molecule has 0 saturated carbocycles. The maximum atomic E-state index is 12.7. The highest BCUT2D eigenvalue weighted by molar-refractivity contribution is 5.86. The number of aliphatic hydroxyl groups excluding tert-OH is 1. The highest BCUT2D eigenvalue weighted by atomic mass is 16.6. The van der Waals surface area contributed by atoms with Crippen LogP contribution in [0.3, 0.4) is 0 Å².